The first-order chi connectivity index (χ1) is 13.8. The Hall–Kier alpha value is -2.93. The number of carbonyl (C=O) groups is 1. The molecule has 2 N–H and O–H groups in total. The SMILES string of the molecule is CCC(O)c1cc(C)c(-c2ccc3cc(NC(=O)[C@H]4CC4(F)F)ncc3c2)cn1. The number of pyridine rings is 2. The van der Waals surface area contributed by atoms with Crippen molar-refractivity contribution in [3.8, 4) is 11.1 Å². The second-order valence-electron chi connectivity index (χ2n) is 7.49. The third-order valence-corrected chi connectivity index (χ3v) is 5.29. The Bertz CT molecular complexity index is 1100. The molecule has 1 saturated carbocycles. The van der Waals surface area contributed by atoms with Gasteiger partial charge in [-0.25, -0.2) is 13.8 Å². The van der Waals surface area contributed by atoms with Crippen LogP contribution in [-0.4, -0.2) is 26.9 Å². The molecule has 4 rings (SSSR count). The number of halogens is 2. The number of amides is 1. The number of carbonyl (C=O) groups excluding carboxylic acids is 1. The molecule has 0 bridgehead atoms. The highest BCUT2D eigenvalue weighted by Crippen LogP contribution is 2.49. The summed E-state index contributed by atoms with van der Waals surface area (Å²) in [4.78, 5) is 20.4. The minimum atomic E-state index is -2.90. The van der Waals surface area contributed by atoms with Gasteiger partial charge in [0.25, 0.3) is 5.92 Å². The fraction of sp³-hybridized carbons (Fsp3) is 0.318. The van der Waals surface area contributed by atoms with Crippen LogP contribution in [0.3, 0.4) is 0 Å². The van der Waals surface area contributed by atoms with Gasteiger partial charge in [-0.1, -0.05) is 19.1 Å². The van der Waals surface area contributed by atoms with Crippen LogP contribution < -0.4 is 5.32 Å². The fourth-order valence-electron chi connectivity index (χ4n) is 3.36. The van der Waals surface area contributed by atoms with Crippen LogP contribution in [0.5, 0.6) is 0 Å². The highest BCUT2D eigenvalue weighted by Gasteiger charge is 2.61. The molecule has 3 aromatic rings. The van der Waals surface area contributed by atoms with Gasteiger partial charge >= 0.3 is 0 Å². The lowest BCUT2D eigenvalue weighted by molar-refractivity contribution is -0.119. The number of aliphatic hydroxyl groups is 1. The average Bonchev–Trinajstić information content (AvgIpc) is 3.35. The van der Waals surface area contributed by atoms with E-state index in [4.69, 9.17) is 0 Å². The summed E-state index contributed by atoms with van der Waals surface area (Å²) in [6.07, 6.45) is 2.98. The third-order valence-electron chi connectivity index (χ3n) is 5.29. The van der Waals surface area contributed by atoms with Crippen LogP contribution >= 0.6 is 0 Å². The predicted molar refractivity (Wildman–Crippen MR) is 107 cm³/mol. The van der Waals surface area contributed by atoms with E-state index in [0.29, 0.717) is 12.1 Å². The number of aliphatic hydroxyl groups excluding tert-OH is 1. The summed E-state index contributed by atoms with van der Waals surface area (Å²) in [5.41, 5.74) is 3.56. The number of fused-ring (bicyclic) bond motifs is 1. The summed E-state index contributed by atoms with van der Waals surface area (Å²) >= 11 is 0. The number of nitrogens with one attached hydrogen (secondary N) is 1. The van der Waals surface area contributed by atoms with Gasteiger partial charge in [0.2, 0.25) is 5.91 Å². The molecule has 2 heterocycles. The zero-order chi connectivity index (χ0) is 20.8. The lowest BCUT2D eigenvalue weighted by Gasteiger charge is -2.12. The molecule has 29 heavy (non-hydrogen) atoms. The average molecular weight is 397 g/mol. The molecular weight excluding hydrogens is 376 g/mol. The van der Waals surface area contributed by atoms with Gasteiger partial charge in [-0.3, -0.25) is 9.78 Å². The number of rotatable bonds is 5. The molecule has 150 valence electrons. The minimum absolute atomic E-state index is 0.258. The molecule has 1 aliphatic carbocycles. The maximum Gasteiger partial charge on any atom is 0.260 e. The number of aryl methyl sites for hydroxylation is 1. The lowest BCUT2D eigenvalue weighted by Crippen LogP contribution is -2.18. The van der Waals surface area contributed by atoms with E-state index < -0.39 is 30.3 Å². The first-order valence-electron chi connectivity index (χ1n) is 9.52. The van der Waals surface area contributed by atoms with E-state index in [1.165, 1.54) is 0 Å². The first-order valence-corrected chi connectivity index (χ1v) is 9.52. The van der Waals surface area contributed by atoms with Crippen molar-refractivity contribution in [2.24, 2.45) is 5.92 Å². The minimum Gasteiger partial charge on any atom is -0.387 e. The van der Waals surface area contributed by atoms with Crippen LogP contribution in [0.15, 0.2) is 42.7 Å². The van der Waals surface area contributed by atoms with Crippen LogP contribution in [0.4, 0.5) is 14.6 Å². The van der Waals surface area contributed by atoms with Gasteiger partial charge in [0.1, 0.15) is 11.7 Å². The largest absolute Gasteiger partial charge is 0.387 e. The first kappa shape index (κ1) is 19.4. The van der Waals surface area contributed by atoms with Crippen LogP contribution in [0.1, 0.15) is 37.1 Å². The van der Waals surface area contributed by atoms with Gasteiger partial charge in [0.15, 0.2) is 0 Å². The quantitative estimate of drug-likeness (QED) is 0.658. The van der Waals surface area contributed by atoms with Gasteiger partial charge in [-0.05, 0) is 48.1 Å². The van der Waals surface area contributed by atoms with E-state index in [1.807, 2.05) is 38.1 Å². The number of benzene rings is 1. The second kappa shape index (κ2) is 7.15. The molecule has 2 aromatic heterocycles. The topological polar surface area (TPSA) is 75.1 Å². The Balaban J connectivity index is 1.58. The van der Waals surface area contributed by atoms with Gasteiger partial charge in [0, 0.05) is 29.8 Å². The summed E-state index contributed by atoms with van der Waals surface area (Å²) in [5.74, 6) is -4.60. The highest BCUT2D eigenvalue weighted by molar-refractivity contribution is 5.96. The smallest absolute Gasteiger partial charge is 0.260 e. The molecule has 0 saturated heterocycles. The fourth-order valence-corrected chi connectivity index (χ4v) is 3.36. The number of hydrogen-bond donors (Lipinski definition) is 2. The number of alkyl halides is 2. The van der Waals surface area contributed by atoms with Crippen molar-refractivity contribution >= 4 is 22.5 Å². The number of nitrogens with zero attached hydrogens (tertiary/aromatic N) is 2. The molecule has 7 heteroatoms. The molecular formula is C22H21F2N3O2. The summed E-state index contributed by atoms with van der Waals surface area (Å²) in [6, 6.07) is 9.34. The van der Waals surface area contributed by atoms with Gasteiger partial charge in [-0.15, -0.1) is 0 Å². The maximum absolute atomic E-state index is 13.0. The highest BCUT2D eigenvalue weighted by atomic mass is 19.3. The number of aromatic nitrogens is 2. The molecule has 1 aliphatic rings. The summed E-state index contributed by atoms with van der Waals surface area (Å²) in [5, 5.41) is 14.1. The lowest BCUT2D eigenvalue weighted by atomic mass is 9.99. The van der Waals surface area contributed by atoms with Crippen molar-refractivity contribution in [2.75, 3.05) is 5.32 Å². The van der Waals surface area contributed by atoms with Crippen molar-refractivity contribution in [3.05, 3.63) is 54.0 Å². The standard InChI is InChI=1S/C22H21F2N3O2/c1-3-19(28)18-6-12(2)16(11-25-18)14-5-4-13-8-20(26-10-15(13)7-14)27-21(29)17-9-22(17,23)24/h4-8,10-11,17,19,28H,3,9H2,1-2H3,(H,26,27,29)/t17-,19?/m1/s1. The number of anilines is 1. The zero-order valence-corrected chi connectivity index (χ0v) is 16.1. The third kappa shape index (κ3) is 3.82. The van der Waals surface area contributed by atoms with E-state index in [9.17, 15) is 18.7 Å². The van der Waals surface area contributed by atoms with Gasteiger partial charge < -0.3 is 10.4 Å². The molecule has 0 aliphatic heterocycles. The predicted octanol–water partition coefficient (Wildman–Crippen LogP) is 4.64. The molecule has 1 unspecified atom stereocenters. The summed E-state index contributed by atoms with van der Waals surface area (Å²) in [6.45, 7) is 3.87. The normalized spacial score (nSPS) is 18.4. The Morgan fingerprint density at radius 3 is 2.66 bits per heavy atom. The monoisotopic (exact) mass is 397 g/mol. The van der Waals surface area contributed by atoms with E-state index in [-0.39, 0.29) is 5.82 Å². The van der Waals surface area contributed by atoms with E-state index in [1.54, 1.807) is 18.5 Å². The maximum atomic E-state index is 13.0. The Morgan fingerprint density at radius 1 is 1.24 bits per heavy atom. The van der Waals surface area contributed by atoms with E-state index >= 15 is 0 Å². The van der Waals surface area contributed by atoms with Crippen LogP contribution in [0.2, 0.25) is 0 Å². The van der Waals surface area contributed by atoms with Crippen molar-refractivity contribution < 1.29 is 18.7 Å². The van der Waals surface area contributed by atoms with Crippen molar-refractivity contribution in [2.45, 2.75) is 38.7 Å². The van der Waals surface area contributed by atoms with Crippen LogP contribution in [0, 0.1) is 12.8 Å². The Labute approximate surface area is 166 Å². The molecule has 1 fully saturated rings. The van der Waals surface area contributed by atoms with Gasteiger partial charge in [0.05, 0.1) is 11.8 Å². The Kier molecular flexibility index (Phi) is 4.78. The summed E-state index contributed by atoms with van der Waals surface area (Å²) in [7, 11) is 0. The Morgan fingerprint density at radius 2 is 2.00 bits per heavy atom. The molecule has 5 nitrogen and oxygen atoms in total. The van der Waals surface area contributed by atoms with Crippen LogP contribution in [-0.2, 0) is 4.79 Å². The summed E-state index contributed by atoms with van der Waals surface area (Å²) < 4.78 is 26.1. The van der Waals surface area contributed by atoms with Crippen molar-refractivity contribution in [1.82, 2.24) is 9.97 Å². The molecule has 0 radical (unpaired) electrons. The molecule has 1 aromatic carbocycles. The second-order valence-corrected chi connectivity index (χ2v) is 7.49. The molecule has 2 atom stereocenters. The zero-order valence-electron chi connectivity index (χ0n) is 16.1. The molecule has 0 spiro atoms. The van der Waals surface area contributed by atoms with E-state index in [2.05, 4.69) is 15.3 Å². The molecule has 1 amide bonds. The van der Waals surface area contributed by atoms with Crippen molar-refractivity contribution in [1.29, 1.82) is 0 Å². The van der Waals surface area contributed by atoms with Gasteiger partial charge in [-0.2, -0.15) is 0 Å². The van der Waals surface area contributed by atoms with Crippen LogP contribution in [0.25, 0.3) is 21.9 Å². The van der Waals surface area contributed by atoms with Crippen molar-refractivity contribution in [3.63, 3.8) is 0 Å². The van der Waals surface area contributed by atoms with E-state index in [0.717, 1.165) is 27.5 Å². The number of hydrogen-bond acceptors (Lipinski definition) is 4.